The third kappa shape index (κ3) is 3.96. The molecule has 2 rings (SSSR count). The van der Waals surface area contributed by atoms with Gasteiger partial charge in [-0.15, -0.1) is 0 Å². The quantitative estimate of drug-likeness (QED) is 0.523. The molecule has 0 saturated carbocycles. The lowest BCUT2D eigenvalue weighted by Gasteiger charge is -1.96. The molecule has 0 aliphatic heterocycles. The van der Waals surface area contributed by atoms with Gasteiger partial charge in [0.15, 0.2) is 18.9 Å². The molecule has 96 valence electrons. The normalized spacial score (nSPS) is 10.6. The van der Waals surface area contributed by atoms with Crippen LogP contribution < -0.4 is 28.5 Å². The van der Waals surface area contributed by atoms with Crippen molar-refractivity contribution in [3.05, 3.63) is 54.1 Å². The lowest BCUT2D eigenvalue weighted by atomic mass is 10.2. The zero-order chi connectivity index (χ0) is 12.1. The summed E-state index contributed by atoms with van der Waals surface area (Å²) in [6, 6.07) is 8.18. The second kappa shape index (κ2) is 7.33. The van der Waals surface area contributed by atoms with E-state index < -0.39 is 0 Å². The van der Waals surface area contributed by atoms with Gasteiger partial charge in [0.1, 0.15) is 6.61 Å². The third-order valence-corrected chi connectivity index (χ3v) is 2.71. The first kappa shape index (κ1) is 14.9. The molecule has 0 saturated heterocycles. The molecule has 4 heteroatoms. The summed E-state index contributed by atoms with van der Waals surface area (Å²) in [7, 11) is 2.03. The van der Waals surface area contributed by atoms with E-state index in [4.69, 9.17) is 5.11 Å². The minimum absolute atomic E-state index is 0. The number of aromatic nitrogens is 2. The van der Waals surface area contributed by atoms with Gasteiger partial charge < -0.3 is 33.7 Å². The van der Waals surface area contributed by atoms with Gasteiger partial charge >= 0.3 is 0 Å². The van der Waals surface area contributed by atoms with Gasteiger partial charge in [-0.25, -0.2) is 4.57 Å². The largest absolute Gasteiger partial charge is 1.00 e. The Labute approximate surface area is 124 Å². The maximum atomic E-state index is 8.81. The van der Waals surface area contributed by atoms with Crippen molar-refractivity contribution in [1.29, 1.82) is 0 Å². The van der Waals surface area contributed by atoms with E-state index in [1.807, 2.05) is 48.4 Å². The lowest BCUT2D eigenvalue weighted by Crippen LogP contribution is -3.00. The Balaban J connectivity index is 0.00000162. The average molecular weight is 356 g/mol. The standard InChI is InChI=1S/C14H17N2O.HI/c1-15-8-2-3-14(15)5-4-13-6-9-16(10-7-13)11-12-17;/h2-10,17H,11-12H2,1H3;1H/q+1;/p-1. The smallest absolute Gasteiger partial charge is 0.171 e. The topological polar surface area (TPSA) is 29.0 Å². The number of aliphatic hydroxyl groups excluding tert-OH is 1. The zero-order valence-electron chi connectivity index (χ0n) is 10.3. The molecule has 0 bridgehead atoms. The Morgan fingerprint density at radius 3 is 2.50 bits per heavy atom. The Hall–Kier alpha value is -1.14. The Morgan fingerprint density at radius 1 is 1.22 bits per heavy atom. The van der Waals surface area contributed by atoms with Gasteiger partial charge in [-0.1, -0.05) is 6.08 Å². The molecule has 0 atom stereocenters. The molecule has 0 aromatic carbocycles. The summed E-state index contributed by atoms with van der Waals surface area (Å²) < 4.78 is 4.03. The molecule has 0 aliphatic rings. The molecule has 0 amide bonds. The van der Waals surface area contributed by atoms with Gasteiger partial charge in [-0.05, 0) is 23.8 Å². The van der Waals surface area contributed by atoms with Gasteiger partial charge in [0, 0.05) is 31.1 Å². The predicted molar refractivity (Wildman–Crippen MR) is 68.1 cm³/mol. The summed E-state index contributed by atoms with van der Waals surface area (Å²) in [6.45, 7) is 0.811. The van der Waals surface area contributed by atoms with Crippen molar-refractivity contribution in [1.82, 2.24) is 4.57 Å². The van der Waals surface area contributed by atoms with Crippen LogP contribution in [0.25, 0.3) is 12.2 Å². The van der Waals surface area contributed by atoms with Gasteiger partial charge in [-0.3, -0.25) is 0 Å². The van der Waals surface area contributed by atoms with Gasteiger partial charge in [-0.2, -0.15) is 0 Å². The molecule has 0 fully saturated rings. The average Bonchev–Trinajstić information content (AvgIpc) is 2.75. The van der Waals surface area contributed by atoms with Gasteiger partial charge in [0.2, 0.25) is 0 Å². The van der Waals surface area contributed by atoms with Crippen LogP contribution in [0.1, 0.15) is 11.3 Å². The van der Waals surface area contributed by atoms with E-state index in [2.05, 4.69) is 22.8 Å². The summed E-state index contributed by atoms with van der Waals surface area (Å²) in [5.74, 6) is 0. The maximum absolute atomic E-state index is 8.81. The molecule has 1 N–H and O–H groups in total. The van der Waals surface area contributed by atoms with E-state index in [1.165, 1.54) is 5.69 Å². The number of aliphatic hydroxyl groups is 1. The molecule has 0 radical (unpaired) electrons. The summed E-state index contributed by atoms with van der Waals surface area (Å²) in [5, 5.41) is 8.81. The van der Waals surface area contributed by atoms with Crippen LogP contribution >= 0.6 is 0 Å². The van der Waals surface area contributed by atoms with Crippen molar-refractivity contribution >= 4 is 12.2 Å². The summed E-state index contributed by atoms with van der Waals surface area (Å²) >= 11 is 0. The minimum Gasteiger partial charge on any atom is -1.00 e. The van der Waals surface area contributed by atoms with Crippen molar-refractivity contribution in [2.45, 2.75) is 6.54 Å². The number of nitrogens with zero attached hydrogens (tertiary/aromatic N) is 2. The lowest BCUT2D eigenvalue weighted by molar-refractivity contribution is -0.698. The maximum Gasteiger partial charge on any atom is 0.171 e. The fraction of sp³-hybridized carbons (Fsp3) is 0.214. The molecule has 0 aliphatic carbocycles. The zero-order valence-corrected chi connectivity index (χ0v) is 12.5. The first-order chi connectivity index (χ1) is 8.29. The molecular weight excluding hydrogens is 339 g/mol. The molecule has 18 heavy (non-hydrogen) atoms. The van der Waals surface area contributed by atoms with Crippen molar-refractivity contribution in [2.24, 2.45) is 7.05 Å². The first-order valence-corrected chi connectivity index (χ1v) is 5.69. The number of aryl methyl sites for hydroxylation is 1. The van der Waals surface area contributed by atoms with Gasteiger partial charge in [0.25, 0.3) is 0 Å². The van der Waals surface area contributed by atoms with Crippen molar-refractivity contribution in [3.63, 3.8) is 0 Å². The van der Waals surface area contributed by atoms with Crippen LogP contribution in [-0.4, -0.2) is 16.3 Å². The van der Waals surface area contributed by atoms with E-state index in [9.17, 15) is 0 Å². The van der Waals surface area contributed by atoms with Crippen LogP contribution in [0, 0.1) is 0 Å². The van der Waals surface area contributed by atoms with E-state index in [0.29, 0.717) is 6.54 Å². The number of halogens is 1. The summed E-state index contributed by atoms with van der Waals surface area (Å²) in [4.78, 5) is 0. The van der Waals surface area contributed by atoms with Crippen LogP contribution in [-0.2, 0) is 13.6 Å². The van der Waals surface area contributed by atoms with Gasteiger partial charge in [0.05, 0.1) is 0 Å². The van der Waals surface area contributed by atoms with E-state index in [-0.39, 0.29) is 30.6 Å². The summed E-state index contributed by atoms with van der Waals surface area (Å²) in [5.41, 5.74) is 2.33. The van der Waals surface area contributed by atoms with Crippen LogP contribution in [0.5, 0.6) is 0 Å². The Bertz CT molecular complexity index is 503. The van der Waals surface area contributed by atoms with Crippen LogP contribution in [0.15, 0.2) is 42.9 Å². The molecule has 2 heterocycles. The predicted octanol–water partition coefficient (Wildman–Crippen LogP) is -1.52. The first-order valence-electron chi connectivity index (χ1n) is 5.69. The van der Waals surface area contributed by atoms with E-state index in [0.717, 1.165) is 5.56 Å². The molecular formula is C14H17IN2O. The van der Waals surface area contributed by atoms with Crippen molar-refractivity contribution < 1.29 is 33.7 Å². The highest BCUT2D eigenvalue weighted by Gasteiger charge is 1.97. The molecule has 0 unspecified atom stereocenters. The van der Waals surface area contributed by atoms with E-state index >= 15 is 0 Å². The van der Waals surface area contributed by atoms with Crippen LogP contribution in [0.3, 0.4) is 0 Å². The highest BCUT2D eigenvalue weighted by Crippen LogP contribution is 2.06. The number of hydrogen-bond donors (Lipinski definition) is 1. The molecule has 0 spiro atoms. The second-order valence-electron chi connectivity index (χ2n) is 3.97. The van der Waals surface area contributed by atoms with Crippen LogP contribution in [0.4, 0.5) is 0 Å². The summed E-state index contributed by atoms with van der Waals surface area (Å²) in [6.07, 6.45) is 10.1. The van der Waals surface area contributed by atoms with E-state index in [1.54, 1.807) is 0 Å². The molecule has 2 aromatic rings. The Kier molecular flexibility index (Phi) is 6.07. The van der Waals surface area contributed by atoms with Crippen molar-refractivity contribution in [2.75, 3.05) is 6.61 Å². The number of pyridine rings is 1. The minimum atomic E-state index is 0. The SMILES string of the molecule is Cn1cccc1/C=C/c1cc[n+](CCO)cc1.[I-]. The number of hydrogen-bond acceptors (Lipinski definition) is 1. The van der Waals surface area contributed by atoms with Crippen molar-refractivity contribution in [3.8, 4) is 0 Å². The Morgan fingerprint density at radius 2 is 1.94 bits per heavy atom. The fourth-order valence-corrected chi connectivity index (χ4v) is 1.67. The molecule has 3 nitrogen and oxygen atoms in total. The van der Waals surface area contributed by atoms with Crippen LogP contribution in [0.2, 0.25) is 0 Å². The highest BCUT2D eigenvalue weighted by molar-refractivity contribution is 5.67. The third-order valence-electron chi connectivity index (χ3n) is 2.71. The molecule has 2 aromatic heterocycles. The highest BCUT2D eigenvalue weighted by atomic mass is 127. The fourth-order valence-electron chi connectivity index (χ4n) is 1.67. The monoisotopic (exact) mass is 356 g/mol. The second-order valence-corrected chi connectivity index (χ2v) is 3.97. The number of rotatable bonds is 4.